The van der Waals surface area contributed by atoms with Crippen molar-refractivity contribution >= 4 is 141 Å². The van der Waals surface area contributed by atoms with Gasteiger partial charge in [0.05, 0.1) is 70.0 Å². The number of amidine groups is 1. The highest BCUT2D eigenvalue weighted by molar-refractivity contribution is 7.80. The summed E-state index contributed by atoms with van der Waals surface area (Å²) in [7, 11) is 0. The van der Waals surface area contributed by atoms with Crippen molar-refractivity contribution in [3.8, 4) is 0 Å². The SMILES string of the molecule is CCCCCCCCCCCCCCCCCC(=O)CCC(CNC(=O)CCCCCCCCCCCCCCCCC)OC(=O)CCC(=O)NC(CCCCN)C(=O)NCCN(CC(=O)NCCN(CC(=O)NCCN(CC(=O)NC(CCCCN)C(=O)CC(CS)C(N)=O)C(=O)Cn1cnc2c(=O)[nH]c(N)nc21)C(=O)Cn1cnc2c(=O)[nH]c(N)nc21)C(=O)Cn1cnc2c1N=C(N)CC2=O. The van der Waals surface area contributed by atoms with Crippen molar-refractivity contribution in [1.29, 1.82) is 0 Å². The van der Waals surface area contributed by atoms with Gasteiger partial charge in [0.1, 0.15) is 43.4 Å². The Labute approximate surface area is 813 Å². The number of aromatic amines is 2. The maximum Gasteiger partial charge on any atom is 0.306 e. The number of nitrogens with one attached hydrogen (secondary N) is 8. The first kappa shape index (κ1) is 115. The second-order valence-electron chi connectivity index (χ2n) is 35.8. The highest BCUT2D eigenvalue weighted by Gasteiger charge is 2.32. The summed E-state index contributed by atoms with van der Waals surface area (Å²) in [5.41, 5.74) is 32.8. The van der Waals surface area contributed by atoms with E-state index in [2.05, 4.69) is 98.3 Å². The number of unbranched alkanes of at least 4 members (excludes halogenated alkanes) is 30. The molecule has 0 radical (unpaired) electrons. The van der Waals surface area contributed by atoms with Crippen molar-refractivity contribution < 1.29 is 71.9 Å². The van der Waals surface area contributed by atoms with Crippen LogP contribution in [0.2, 0.25) is 0 Å². The van der Waals surface area contributed by atoms with E-state index in [1.807, 2.05) is 0 Å². The zero-order valence-electron chi connectivity index (χ0n) is 81.2. The molecule has 138 heavy (non-hydrogen) atoms. The highest BCUT2D eigenvalue weighted by atomic mass is 32.1. The number of nitrogens with two attached hydrogens (primary N) is 6. The number of rotatable bonds is 78. The lowest BCUT2D eigenvalue weighted by atomic mass is 9.96. The van der Waals surface area contributed by atoms with Crippen molar-refractivity contribution in [2.45, 2.75) is 334 Å². The lowest BCUT2D eigenvalue weighted by Crippen LogP contribution is -2.51. The molecule has 0 aliphatic carbocycles. The molecule has 4 atom stereocenters. The van der Waals surface area contributed by atoms with Crippen LogP contribution in [0.25, 0.3) is 22.3 Å². The summed E-state index contributed by atoms with van der Waals surface area (Å²) in [6.07, 6.45) is 39.9. The molecule has 1 aliphatic rings. The van der Waals surface area contributed by atoms with Gasteiger partial charge in [-0.2, -0.15) is 22.6 Å². The molecule has 0 fully saturated rings. The van der Waals surface area contributed by atoms with Gasteiger partial charge in [-0.3, -0.25) is 86.7 Å². The molecule has 0 aromatic carbocycles. The van der Waals surface area contributed by atoms with E-state index in [-0.39, 0.29) is 140 Å². The molecular weight excluding hydrogens is 1800 g/mol. The Morgan fingerprint density at radius 3 is 1.34 bits per heavy atom. The van der Waals surface area contributed by atoms with E-state index in [0.29, 0.717) is 44.9 Å². The molecule has 4 unspecified atom stereocenters. The van der Waals surface area contributed by atoms with E-state index in [1.165, 1.54) is 161 Å². The molecule has 1 aliphatic heterocycles. The minimum absolute atomic E-state index is 0.0212. The number of aromatic nitrogens is 10. The first-order valence-electron chi connectivity index (χ1n) is 49.9. The smallest absolute Gasteiger partial charge is 0.306 e. The van der Waals surface area contributed by atoms with Gasteiger partial charge >= 0.3 is 5.97 Å². The number of hydrogen-bond donors (Lipinski definition) is 15. The van der Waals surface area contributed by atoms with Gasteiger partial charge < -0.3 is 99.4 Å². The first-order valence-corrected chi connectivity index (χ1v) is 50.5. The van der Waals surface area contributed by atoms with E-state index in [0.717, 1.165) is 72.3 Å². The fraction of sp³-hybridized carbons (Fsp3) is 0.702. The van der Waals surface area contributed by atoms with Crippen LogP contribution in [0.15, 0.2) is 33.6 Å². The zero-order chi connectivity index (χ0) is 100. The lowest BCUT2D eigenvalue weighted by Gasteiger charge is -2.26. The monoisotopic (exact) mass is 1950 g/mol. The number of nitrogen functional groups attached to an aromatic ring is 2. The summed E-state index contributed by atoms with van der Waals surface area (Å²) < 4.78 is 9.55. The number of H-pyrrole nitrogens is 2. The van der Waals surface area contributed by atoms with Crippen LogP contribution in [0.4, 0.5) is 17.7 Å². The number of imidazole rings is 3. The number of carbonyl (C=O) groups is 14. The molecule has 6 rings (SSSR count). The van der Waals surface area contributed by atoms with E-state index < -0.39 is 184 Å². The molecule has 0 bridgehead atoms. The minimum Gasteiger partial charge on any atom is -0.460 e. The normalized spacial score (nSPS) is 12.7. The molecule has 10 amide bonds. The molecule has 768 valence electrons. The number of fused-ring (bicyclic) bond motifs is 3. The zero-order valence-corrected chi connectivity index (χ0v) is 82.1. The van der Waals surface area contributed by atoms with Crippen molar-refractivity contribution in [1.82, 2.24) is 95.2 Å². The number of ether oxygens (including phenoxy) is 1. The summed E-state index contributed by atoms with van der Waals surface area (Å²) in [6.45, 7) is -1.30. The standard InChI is InChI=1S/C94H154N26O17S/c1-3-5-7-9-11-13-15-17-19-21-23-25-27-29-31-37-67(121)41-42-68(55-104-74(124)40-32-30-28-26-24-22-20-18-16-14-12-10-8-6-4-2)137-82(132)44-43-75(125)109-70(39-34-36-46-96)90(134)103-49-52-116(79(129)59-118-63-105-83-72(123)54-73(97)110-87(83)118)57-77(127)101-47-50-115(80(130)60-119-64-106-84-88(119)111-93(99)113-91(84)135)56-76(126)102-48-51-117(81(131)61-120-65-107-85-89(120)112-94(100)114-92(85)136)58-78(128)108-69(38-33-35-45-95)71(122)53-66(62-138)86(98)133/h63-66,68-70,138H,3-62,95-96H2,1-2H3,(H2,97,110)(H2,98,133)(H,101,127)(H,102,126)(H,103,134)(H,104,124)(H,108,128)(H,109,125)(H3,99,111,113,135)(H3,100,112,114,136). The highest BCUT2D eigenvalue weighted by Crippen LogP contribution is 2.26. The average molecular weight is 1950 g/mol. The van der Waals surface area contributed by atoms with E-state index in [4.69, 9.17) is 39.1 Å². The summed E-state index contributed by atoms with van der Waals surface area (Å²) in [6, 6.07) is -2.35. The lowest BCUT2D eigenvalue weighted by molar-refractivity contribution is -0.151. The summed E-state index contributed by atoms with van der Waals surface area (Å²) in [5.74, 6) is -10.6. The Kier molecular flexibility index (Phi) is 55.1. The Morgan fingerprint density at radius 1 is 0.464 bits per heavy atom. The molecule has 6 heterocycles. The number of hydrogen-bond acceptors (Lipinski definition) is 29. The number of esters is 1. The summed E-state index contributed by atoms with van der Waals surface area (Å²) >= 11 is 4.16. The Morgan fingerprint density at radius 2 is 0.884 bits per heavy atom. The summed E-state index contributed by atoms with van der Waals surface area (Å²) in [4.78, 5) is 251. The van der Waals surface area contributed by atoms with Crippen LogP contribution < -0.4 is 77.4 Å². The van der Waals surface area contributed by atoms with Gasteiger partial charge in [-0.1, -0.05) is 194 Å². The largest absolute Gasteiger partial charge is 0.460 e. The Balaban J connectivity index is 1.10. The Hall–Kier alpha value is -11.6. The van der Waals surface area contributed by atoms with Crippen LogP contribution in [-0.2, 0) is 86.7 Å². The predicted octanol–water partition coefficient (Wildman–Crippen LogP) is 5.62. The maximum absolute atomic E-state index is 14.6. The minimum atomic E-state index is -1.19. The number of carbonyl (C=O) groups excluding carboxylic acids is 14. The van der Waals surface area contributed by atoms with Crippen molar-refractivity contribution in [3.63, 3.8) is 0 Å². The third-order valence-electron chi connectivity index (χ3n) is 24.3. The average Bonchev–Trinajstić information content (AvgIpc) is 1.66. The molecule has 0 saturated heterocycles. The van der Waals surface area contributed by atoms with Crippen LogP contribution in [0.5, 0.6) is 0 Å². The second kappa shape index (κ2) is 66.1. The van der Waals surface area contributed by atoms with Crippen LogP contribution in [-0.4, -0.2) is 254 Å². The Bertz CT molecular complexity index is 4790. The molecule has 5 aromatic rings. The molecular formula is C94H154N26O17S. The summed E-state index contributed by atoms with van der Waals surface area (Å²) in [5, 5.41) is 16.3. The molecule has 20 N–H and O–H groups in total. The number of ketones is 3. The molecule has 43 nitrogen and oxygen atoms in total. The van der Waals surface area contributed by atoms with Crippen LogP contribution in [0, 0.1) is 5.92 Å². The van der Waals surface area contributed by atoms with Gasteiger partial charge in [0.25, 0.3) is 11.1 Å². The van der Waals surface area contributed by atoms with Gasteiger partial charge in [-0.05, 0) is 70.9 Å². The number of aliphatic imine (C=N–C) groups is 1. The van der Waals surface area contributed by atoms with Gasteiger partial charge in [-0.15, -0.1) is 0 Å². The predicted molar refractivity (Wildman–Crippen MR) is 528 cm³/mol. The molecule has 44 heteroatoms. The van der Waals surface area contributed by atoms with Gasteiger partial charge in [0.2, 0.25) is 71.0 Å². The fourth-order valence-corrected chi connectivity index (χ4v) is 16.5. The fourth-order valence-electron chi connectivity index (χ4n) is 16.2. The van der Waals surface area contributed by atoms with Crippen molar-refractivity contribution in [2.24, 2.45) is 33.8 Å². The van der Waals surface area contributed by atoms with Gasteiger partial charge in [0, 0.05) is 77.1 Å². The number of primary amides is 1. The van der Waals surface area contributed by atoms with E-state index in [1.54, 1.807) is 0 Å². The van der Waals surface area contributed by atoms with Crippen LogP contribution in [0.1, 0.15) is 307 Å². The van der Waals surface area contributed by atoms with Crippen LogP contribution >= 0.6 is 12.6 Å². The third-order valence-corrected chi connectivity index (χ3v) is 24.7. The number of Topliss-reactive ketones (excluding diaryl/α,β-unsaturated/α-hetero) is 3. The van der Waals surface area contributed by atoms with Crippen LogP contribution in [0.3, 0.4) is 0 Å². The van der Waals surface area contributed by atoms with Gasteiger partial charge in [0.15, 0.2) is 45.4 Å². The van der Waals surface area contributed by atoms with Crippen molar-refractivity contribution in [2.75, 3.05) is 95.8 Å². The quantitative estimate of drug-likeness (QED) is 0.0127. The molecule has 0 saturated carbocycles. The second-order valence-corrected chi connectivity index (χ2v) is 36.2. The van der Waals surface area contributed by atoms with Crippen molar-refractivity contribution in [3.05, 3.63) is 45.4 Å². The molecule has 5 aromatic heterocycles. The van der Waals surface area contributed by atoms with E-state index >= 15 is 0 Å². The maximum atomic E-state index is 14.6. The number of anilines is 2. The topological polar surface area (TPSA) is 644 Å². The number of nitrogens with zero attached hydrogens (tertiary/aromatic N) is 12. The van der Waals surface area contributed by atoms with E-state index in [9.17, 15) is 76.7 Å². The molecule has 0 spiro atoms. The first-order chi connectivity index (χ1) is 66.5. The number of thiol groups is 1. The van der Waals surface area contributed by atoms with Gasteiger partial charge in [-0.25, -0.2) is 19.9 Å². The number of amides is 10. The third kappa shape index (κ3) is 44.5.